The summed E-state index contributed by atoms with van der Waals surface area (Å²) in [6.45, 7) is 0.234. The van der Waals surface area contributed by atoms with Gasteiger partial charge in [0.2, 0.25) is 0 Å². The molecule has 0 spiro atoms. The van der Waals surface area contributed by atoms with Crippen molar-refractivity contribution in [2.75, 3.05) is 12.4 Å². The number of benzene rings is 2. The number of halogens is 1. The van der Waals surface area contributed by atoms with Crippen LogP contribution in [0.25, 0.3) is 11.3 Å². The molecule has 0 aliphatic heterocycles. The molecular formula is C25H20FN5O3. The number of methoxy groups -OCH3 is 1. The van der Waals surface area contributed by atoms with Crippen LogP contribution in [0.3, 0.4) is 0 Å². The highest BCUT2D eigenvalue weighted by Crippen LogP contribution is 2.31. The van der Waals surface area contributed by atoms with Gasteiger partial charge in [-0.25, -0.2) is 14.1 Å². The van der Waals surface area contributed by atoms with Gasteiger partial charge in [-0.2, -0.15) is 5.10 Å². The first-order valence-electron chi connectivity index (χ1n) is 10.5. The standard InChI is InChI=1S/C25H20FN5O3/c1-33-22-10-7-18(14-23(22)34-16-19-15-30-12-3-2-4-24(30)27-19)28-25(32)21-11-13-31(29-21)20-8-5-17(26)6-9-20/h2-15H,16H2,1H3,(H,28,32). The Hall–Kier alpha value is -4.66. The SMILES string of the molecule is COc1ccc(NC(=O)c2ccn(-c3ccc(F)cc3)n2)cc1OCc1cn2ccccc2n1. The third-order valence-corrected chi connectivity index (χ3v) is 5.12. The zero-order chi connectivity index (χ0) is 23.5. The largest absolute Gasteiger partial charge is 0.493 e. The van der Waals surface area contributed by atoms with Crippen molar-refractivity contribution in [3.05, 3.63) is 103 Å². The lowest BCUT2D eigenvalue weighted by Gasteiger charge is -2.12. The minimum atomic E-state index is -0.391. The molecule has 0 atom stereocenters. The number of fused-ring (bicyclic) bond motifs is 1. The van der Waals surface area contributed by atoms with E-state index >= 15 is 0 Å². The summed E-state index contributed by atoms with van der Waals surface area (Å²) < 4.78 is 27.9. The topological polar surface area (TPSA) is 82.7 Å². The molecule has 170 valence electrons. The lowest BCUT2D eigenvalue weighted by atomic mass is 10.2. The molecule has 0 saturated carbocycles. The van der Waals surface area contributed by atoms with Crippen LogP contribution in [0.1, 0.15) is 16.2 Å². The summed E-state index contributed by atoms with van der Waals surface area (Å²) in [7, 11) is 1.55. The molecule has 3 heterocycles. The zero-order valence-electron chi connectivity index (χ0n) is 18.2. The summed E-state index contributed by atoms with van der Waals surface area (Å²) >= 11 is 0. The predicted octanol–water partition coefficient (Wildman–Crippen LogP) is 4.50. The van der Waals surface area contributed by atoms with Crippen molar-refractivity contribution < 1.29 is 18.7 Å². The molecule has 3 aromatic heterocycles. The smallest absolute Gasteiger partial charge is 0.276 e. The van der Waals surface area contributed by atoms with Crippen LogP contribution >= 0.6 is 0 Å². The first-order valence-corrected chi connectivity index (χ1v) is 10.5. The van der Waals surface area contributed by atoms with Crippen LogP contribution < -0.4 is 14.8 Å². The van der Waals surface area contributed by atoms with Gasteiger partial charge < -0.3 is 19.2 Å². The maximum Gasteiger partial charge on any atom is 0.276 e. The molecule has 0 radical (unpaired) electrons. The Morgan fingerprint density at radius 2 is 1.88 bits per heavy atom. The Morgan fingerprint density at radius 1 is 1.03 bits per heavy atom. The van der Waals surface area contributed by atoms with Crippen LogP contribution in [0.5, 0.6) is 11.5 Å². The van der Waals surface area contributed by atoms with E-state index in [2.05, 4.69) is 15.4 Å². The van der Waals surface area contributed by atoms with Gasteiger partial charge in [0, 0.05) is 30.3 Å². The first-order chi connectivity index (χ1) is 16.6. The fraction of sp³-hybridized carbons (Fsp3) is 0.0800. The van der Waals surface area contributed by atoms with Crippen LogP contribution in [-0.2, 0) is 6.61 Å². The summed E-state index contributed by atoms with van der Waals surface area (Å²) in [5.74, 6) is 0.265. The molecule has 0 aliphatic rings. The molecule has 2 aromatic carbocycles. The molecule has 0 unspecified atom stereocenters. The van der Waals surface area contributed by atoms with Crippen molar-refractivity contribution in [3.8, 4) is 17.2 Å². The number of carbonyl (C=O) groups is 1. The third-order valence-electron chi connectivity index (χ3n) is 5.12. The van der Waals surface area contributed by atoms with Crippen LogP contribution in [0.15, 0.2) is 85.3 Å². The minimum absolute atomic E-state index is 0.215. The normalized spacial score (nSPS) is 10.9. The van der Waals surface area contributed by atoms with Gasteiger partial charge in [0.25, 0.3) is 5.91 Å². The molecule has 5 aromatic rings. The highest BCUT2D eigenvalue weighted by molar-refractivity contribution is 6.03. The van der Waals surface area contributed by atoms with E-state index in [1.54, 1.807) is 49.7 Å². The molecule has 5 rings (SSSR count). The number of aromatic nitrogens is 4. The summed E-state index contributed by atoms with van der Waals surface area (Å²) in [6, 6.07) is 18.3. The lowest BCUT2D eigenvalue weighted by Crippen LogP contribution is -2.13. The summed E-state index contributed by atoms with van der Waals surface area (Å²) in [5.41, 5.74) is 2.97. The van der Waals surface area contributed by atoms with E-state index in [1.165, 1.54) is 16.8 Å². The fourth-order valence-corrected chi connectivity index (χ4v) is 3.45. The van der Waals surface area contributed by atoms with E-state index in [-0.39, 0.29) is 18.1 Å². The van der Waals surface area contributed by atoms with E-state index in [9.17, 15) is 9.18 Å². The van der Waals surface area contributed by atoms with Crippen LogP contribution in [-0.4, -0.2) is 32.2 Å². The van der Waals surface area contributed by atoms with Crippen molar-refractivity contribution in [2.24, 2.45) is 0 Å². The molecule has 9 heteroatoms. The maximum absolute atomic E-state index is 13.1. The monoisotopic (exact) mass is 457 g/mol. The second-order valence-corrected chi connectivity index (χ2v) is 7.43. The van der Waals surface area contributed by atoms with Gasteiger partial charge >= 0.3 is 0 Å². The van der Waals surface area contributed by atoms with Crippen molar-refractivity contribution in [1.82, 2.24) is 19.2 Å². The molecule has 0 bridgehead atoms. The van der Waals surface area contributed by atoms with Crippen molar-refractivity contribution in [3.63, 3.8) is 0 Å². The lowest BCUT2D eigenvalue weighted by molar-refractivity contribution is 0.102. The van der Waals surface area contributed by atoms with Crippen LogP contribution in [0.4, 0.5) is 10.1 Å². The maximum atomic E-state index is 13.1. The number of nitrogens with one attached hydrogen (secondary N) is 1. The Labute approximate surface area is 194 Å². The molecule has 34 heavy (non-hydrogen) atoms. The number of imidazole rings is 1. The quantitative estimate of drug-likeness (QED) is 0.389. The Bertz CT molecular complexity index is 1430. The molecule has 0 aliphatic carbocycles. The van der Waals surface area contributed by atoms with Gasteiger partial charge in [-0.05, 0) is 54.6 Å². The number of amides is 1. The molecule has 8 nitrogen and oxygen atoms in total. The van der Waals surface area contributed by atoms with E-state index in [0.29, 0.717) is 22.9 Å². The number of carbonyl (C=O) groups excluding carboxylic acids is 1. The summed E-state index contributed by atoms with van der Waals surface area (Å²) in [4.78, 5) is 17.2. The van der Waals surface area contributed by atoms with Crippen LogP contribution in [0.2, 0.25) is 0 Å². The Balaban J connectivity index is 1.30. The van der Waals surface area contributed by atoms with Gasteiger partial charge in [-0.3, -0.25) is 4.79 Å². The number of hydrogen-bond donors (Lipinski definition) is 1. The van der Waals surface area contributed by atoms with Gasteiger partial charge in [-0.15, -0.1) is 0 Å². The van der Waals surface area contributed by atoms with E-state index in [0.717, 1.165) is 11.3 Å². The number of pyridine rings is 1. The molecule has 0 saturated heterocycles. The molecule has 0 fully saturated rings. The molecule has 1 amide bonds. The average molecular weight is 457 g/mol. The number of hydrogen-bond acceptors (Lipinski definition) is 5. The average Bonchev–Trinajstić information content (AvgIpc) is 3.51. The second kappa shape index (κ2) is 9.07. The van der Waals surface area contributed by atoms with E-state index in [4.69, 9.17) is 9.47 Å². The summed E-state index contributed by atoms with van der Waals surface area (Å²) in [6.07, 6.45) is 5.45. The van der Waals surface area contributed by atoms with Crippen molar-refractivity contribution in [1.29, 1.82) is 0 Å². The van der Waals surface area contributed by atoms with Gasteiger partial charge in [-0.1, -0.05) is 6.07 Å². The van der Waals surface area contributed by atoms with Gasteiger partial charge in [0.1, 0.15) is 18.1 Å². The van der Waals surface area contributed by atoms with E-state index in [1.807, 2.05) is 35.0 Å². The molecular weight excluding hydrogens is 437 g/mol. The third kappa shape index (κ3) is 4.44. The summed E-state index contributed by atoms with van der Waals surface area (Å²) in [5, 5.41) is 7.09. The second-order valence-electron chi connectivity index (χ2n) is 7.43. The molecule has 1 N–H and O–H groups in total. The highest BCUT2D eigenvalue weighted by atomic mass is 19.1. The fourth-order valence-electron chi connectivity index (χ4n) is 3.45. The van der Waals surface area contributed by atoms with Gasteiger partial charge in [0.15, 0.2) is 17.2 Å². The van der Waals surface area contributed by atoms with Crippen LogP contribution in [0, 0.1) is 5.82 Å². The number of ether oxygens (including phenoxy) is 2. The van der Waals surface area contributed by atoms with Crippen molar-refractivity contribution >= 4 is 17.2 Å². The van der Waals surface area contributed by atoms with E-state index < -0.39 is 5.91 Å². The number of nitrogens with zero attached hydrogens (tertiary/aromatic N) is 4. The number of rotatable bonds is 7. The first kappa shape index (κ1) is 21.2. The minimum Gasteiger partial charge on any atom is -0.493 e. The van der Waals surface area contributed by atoms with Crippen molar-refractivity contribution in [2.45, 2.75) is 6.61 Å². The Kier molecular flexibility index (Phi) is 5.65. The van der Waals surface area contributed by atoms with Gasteiger partial charge in [0.05, 0.1) is 18.5 Å². The highest BCUT2D eigenvalue weighted by Gasteiger charge is 2.13. The predicted molar refractivity (Wildman–Crippen MR) is 124 cm³/mol. The Morgan fingerprint density at radius 3 is 2.68 bits per heavy atom. The zero-order valence-corrected chi connectivity index (χ0v) is 18.2. The number of anilines is 1.